The number of rotatable bonds is 6. The van der Waals surface area contributed by atoms with Gasteiger partial charge in [0.15, 0.2) is 0 Å². The van der Waals surface area contributed by atoms with Crippen LogP contribution in [0.5, 0.6) is 0 Å². The van der Waals surface area contributed by atoms with Crippen LogP contribution in [-0.2, 0) is 19.6 Å². The summed E-state index contributed by atoms with van der Waals surface area (Å²) in [5.41, 5.74) is 6.31. The first-order valence-corrected chi connectivity index (χ1v) is 7.03. The lowest BCUT2D eigenvalue weighted by molar-refractivity contribution is -0.140. The number of hydrogen-bond acceptors (Lipinski definition) is 6. The van der Waals surface area contributed by atoms with E-state index in [1.165, 1.54) is 20.2 Å². The third-order valence-electron chi connectivity index (χ3n) is 2.44. The number of nitrogens with two attached hydrogens (primary N) is 1. The molecule has 0 heterocycles. The molecule has 106 valence electrons. The van der Waals surface area contributed by atoms with Gasteiger partial charge in [0.2, 0.25) is 10.0 Å². The third kappa shape index (κ3) is 4.11. The van der Waals surface area contributed by atoms with Gasteiger partial charge in [0.1, 0.15) is 4.90 Å². The Labute approximate surface area is 112 Å². The number of nitrogens with one attached hydrogen (secondary N) is 2. The molecular weight excluding hydrogens is 270 g/mol. The van der Waals surface area contributed by atoms with E-state index >= 15 is 0 Å². The molecule has 0 spiro atoms. The molecule has 1 aromatic rings. The van der Waals surface area contributed by atoms with Crippen molar-refractivity contribution in [2.45, 2.75) is 11.3 Å². The predicted octanol–water partition coefficient (Wildman–Crippen LogP) is 0.152. The Morgan fingerprint density at radius 3 is 2.68 bits per heavy atom. The van der Waals surface area contributed by atoms with E-state index in [0.29, 0.717) is 11.4 Å². The molecule has 0 atom stereocenters. The molecule has 0 fully saturated rings. The molecule has 1 aromatic carbocycles. The van der Waals surface area contributed by atoms with Gasteiger partial charge in [0.05, 0.1) is 19.2 Å². The minimum atomic E-state index is -3.62. The fourth-order valence-corrected chi connectivity index (χ4v) is 2.36. The predicted molar refractivity (Wildman–Crippen MR) is 72.2 cm³/mol. The first-order valence-electron chi connectivity index (χ1n) is 5.54. The first-order chi connectivity index (χ1) is 8.90. The summed E-state index contributed by atoms with van der Waals surface area (Å²) in [4.78, 5) is 11.0. The van der Waals surface area contributed by atoms with E-state index in [9.17, 15) is 13.2 Å². The van der Waals surface area contributed by atoms with Crippen molar-refractivity contribution in [2.75, 3.05) is 31.8 Å². The van der Waals surface area contributed by atoms with E-state index in [4.69, 9.17) is 5.73 Å². The summed E-state index contributed by atoms with van der Waals surface area (Å²) in [5.74, 6) is -0.374. The molecule has 0 saturated heterocycles. The lowest BCUT2D eigenvalue weighted by Gasteiger charge is -2.12. The number of anilines is 2. The van der Waals surface area contributed by atoms with Crippen LogP contribution in [0.3, 0.4) is 0 Å². The standard InChI is InChI=1S/C11H17N3O4S/c1-13-19(16,17)10-7-8(12)3-4-9(10)14-6-5-11(15)18-2/h3-4,7,13-14H,5-6,12H2,1-2H3. The Balaban J connectivity index is 2.92. The van der Waals surface area contributed by atoms with Crippen molar-refractivity contribution in [1.82, 2.24) is 4.72 Å². The zero-order valence-electron chi connectivity index (χ0n) is 10.8. The third-order valence-corrected chi connectivity index (χ3v) is 3.89. The normalized spacial score (nSPS) is 11.1. The number of methoxy groups -OCH3 is 1. The molecule has 0 amide bonds. The fraction of sp³-hybridized carbons (Fsp3) is 0.364. The SMILES string of the molecule is CNS(=O)(=O)c1cc(N)ccc1NCCC(=O)OC. The number of ether oxygens (including phenoxy) is 1. The Kier molecular flexibility index (Phi) is 5.13. The smallest absolute Gasteiger partial charge is 0.307 e. The molecular formula is C11H17N3O4S. The molecule has 19 heavy (non-hydrogen) atoms. The summed E-state index contributed by atoms with van der Waals surface area (Å²) < 4.78 is 30.4. The van der Waals surface area contributed by atoms with Crippen molar-refractivity contribution >= 4 is 27.4 Å². The maximum absolute atomic E-state index is 11.8. The highest BCUT2D eigenvalue weighted by Crippen LogP contribution is 2.23. The van der Waals surface area contributed by atoms with Crippen LogP contribution in [0.1, 0.15) is 6.42 Å². The van der Waals surface area contributed by atoms with Crippen molar-refractivity contribution in [3.63, 3.8) is 0 Å². The van der Waals surface area contributed by atoms with Gasteiger partial charge >= 0.3 is 5.97 Å². The molecule has 0 aromatic heterocycles. The second-order valence-electron chi connectivity index (χ2n) is 3.72. The average molecular weight is 287 g/mol. The quantitative estimate of drug-likeness (QED) is 0.507. The number of nitrogen functional groups attached to an aromatic ring is 1. The van der Waals surface area contributed by atoms with Crippen molar-refractivity contribution in [2.24, 2.45) is 0 Å². The van der Waals surface area contributed by atoms with Crippen LogP contribution in [0, 0.1) is 0 Å². The van der Waals surface area contributed by atoms with E-state index in [1.807, 2.05) is 0 Å². The highest BCUT2D eigenvalue weighted by Gasteiger charge is 2.17. The zero-order chi connectivity index (χ0) is 14.5. The van der Waals surface area contributed by atoms with Gasteiger partial charge in [-0.1, -0.05) is 0 Å². The Hall–Kier alpha value is -1.80. The number of sulfonamides is 1. The average Bonchev–Trinajstić information content (AvgIpc) is 2.40. The number of esters is 1. The highest BCUT2D eigenvalue weighted by molar-refractivity contribution is 7.89. The van der Waals surface area contributed by atoms with E-state index in [2.05, 4.69) is 14.8 Å². The number of hydrogen-bond donors (Lipinski definition) is 3. The first kappa shape index (κ1) is 15.3. The van der Waals surface area contributed by atoms with Crippen LogP contribution in [0.25, 0.3) is 0 Å². The summed E-state index contributed by atoms with van der Waals surface area (Å²) in [6.07, 6.45) is 0.139. The molecule has 4 N–H and O–H groups in total. The monoisotopic (exact) mass is 287 g/mol. The second kappa shape index (κ2) is 6.39. The summed E-state index contributed by atoms with van der Waals surface area (Å²) in [6, 6.07) is 4.48. The van der Waals surface area contributed by atoms with E-state index < -0.39 is 10.0 Å². The minimum Gasteiger partial charge on any atom is -0.469 e. The maximum atomic E-state index is 11.8. The molecule has 0 aliphatic heterocycles. The van der Waals surface area contributed by atoms with Gasteiger partial charge in [0.25, 0.3) is 0 Å². The molecule has 8 heteroatoms. The number of carbonyl (C=O) groups excluding carboxylic acids is 1. The van der Waals surface area contributed by atoms with Gasteiger partial charge in [-0.2, -0.15) is 0 Å². The fourth-order valence-electron chi connectivity index (χ4n) is 1.42. The van der Waals surface area contributed by atoms with E-state index in [-0.39, 0.29) is 23.8 Å². The van der Waals surface area contributed by atoms with Crippen LogP contribution in [0.4, 0.5) is 11.4 Å². The molecule has 0 aliphatic carbocycles. The van der Waals surface area contributed by atoms with Crippen LogP contribution >= 0.6 is 0 Å². The Morgan fingerprint density at radius 1 is 1.42 bits per heavy atom. The second-order valence-corrected chi connectivity index (χ2v) is 5.57. The van der Waals surface area contributed by atoms with Crippen LogP contribution in [-0.4, -0.2) is 35.1 Å². The molecule has 0 bridgehead atoms. The molecule has 0 saturated carbocycles. The van der Waals surface area contributed by atoms with Crippen molar-refractivity contribution in [3.8, 4) is 0 Å². The van der Waals surface area contributed by atoms with Gasteiger partial charge in [-0.15, -0.1) is 0 Å². The van der Waals surface area contributed by atoms with Gasteiger partial charge < -0.3 is 15.8 Å². The van der Waals surface area contributed by atoms with Gasteiger partial charge in [-0.3, -0.25) is 4.79 Å². The van der Waals surface area contributed by atoms with E-state index in [1.54, 1.807) is 12.1 Å². The van der Waals surface area contributed by atoms with Crippen molar-refractivity contribution < 1.29 is 17.9 Å². The lowest BCUT2D eigenvalue weighted by atomic mass is 10.3. The lowest BCUT2D eigenvalue weighted by Crippen LogP contribution is -2.21. The Morgan fingerprint density at radius 2 is 2.11 bits per heavy atom. The molecule has 0 radical (unpaired) electrons. The number of carbonyl (C=O) groups is 1. The van der Waals surface area contributed by atoms with Crippen molar-refractivity contribution in [3.05, 3.63) is 18.2 Å². The molecule has 0 unspecified atom stereocenters. The Bertz CT molecular complexity index is 557. The van der Waals surface area contributed by atoms with Crippen LogP contribution in [0.2, 0.25) is 0 Å². The topological polar surface area (TPSA) is 111 Å². The largest absolute Gasteiger partial charge is 0.469 e. The van der Waals surface area contributed by atoms with Crippen LogP contribution < -0.4 is 15.8 Å². The summed E-state index contributed by atoms with van der Waals surface area (Å²) in [6.45, 7) is 0.267. The summed E-state index contributed by atoms with van der Waals surface area (Å²) in [5, 5.41) is 2.87. The zero-order valence-corrected chi connectivity index (χ0v) is 11.6. The van der Waals surface area contributed by atoms with Gasteiger partial charge in [-0.05, 0) is 25.2 Å². The molecule has 1 rings (SSSR count). The summed E-state index contributed by atoms with van der Waals surface area (Å²) >= 11 is 0. The molecule has 7 nitrogen and oxygen atoms in total. The minimum absolute atomic E-state index is 0.0415. The van der Waals surface area contributed by atoms with Gasteiger partial charge in [-0.25, -0.2) is 13.1 Å². The van der Waals surface area contributed by atoms with Gasteiger partial charge in [0, 0.05) is 12.2 Å². The maximum Gasteiger partial charge on any atom is 0.307 e. The highest BCUT2D eigenvalue weighted by atomic mass is 32.2. The van der Waals surface area contributed by atoms with E-state index in [0.717, 1.165) is 0 Å². The summed E-state index contributed by atoms with van der Waals surface area (Å²) in [7, 11) is -1.01. The van der Waals surface area contributed by atoms with Crippen molar-refractivity contribution in [1.29, 1.82) is 0 Å². The van der Waals surface area contributed by atoms with Crippen LogP contribution in [0.15, 0.2) is 23.1 Å². The molecule has 0 aliphatic rings. The number of benzene rings is 1.